The minimum absolute atomic E-state index is 0.366. The molecule has 2 rings (SSSR count). The summed E-state index contributed by atoms with van der Waals surface area (Å²) in [5.74, 6) is 0. The highest BCUT2D eigenvalue weighted by Crippen LogP contribution is 2.33. The molecule has 0 aromatic heterocycles. The first-order valence-electron chi connectivity index (χ1n) is 3.13. The number of hydrogen-bond donors (Lipinski definition) is 3. The Kier molecular flexibility index (Phi) is 1.23. The Hall–Kier alpha value is -0.200. The molecule has 4 N–H and O–H groups in total. The first kappa shape index (κ1) is 6.51. The largest absolute Gasteiger partial charge is 0.387 e. The van der Waals surface area contributed by atoms with Crippen LogP contribution in [0.1, 0.15) is 0 Å². The zero-order valence-corrected chi connectivity index (χ0v) is 5.18. The average molecular weight is 147 g/mol. The van der Waals surface area contributed by atoms with Crippen molar-refractivity contribution in [3.8, 4) is 0 Å². The van der Waals surface area contributed by atoms with Crippen LogP contribution in [0.3, 0.4) is 0 Å². The van der Waals surface area contributed by atoms with Crippen molar-refractivity contribution < 1.29 is 19.7 Å². The Labute approximate surface area is 57.3 Å². The third-order valence-electron chi connectivity index (χ3n) is 1.80. The van der Waals surface area contributed by atoms with Gasteiger partial charge in [0.2, 0.25) is 0 Å². The van der Waals surface area contributed by atoms with Gasteiger partial charge in [-0.05, 0) is 0 Å². The monoisotopic (exact) mass is 147 g/mol. The number of fused-ring (bicyclic) bond motifs is 1. The van der Waals surface area contributed by atoms with Gasteiger partial charge in [0.15, 0.2) is 6.29 Å². The van der Waals surface area contributed by atoms with Gasteiger partial charge in [0, 0.05) is 0 Å². The lowest BCUT2D eigenvalue weighted by Crippen LogP contribution is -2.51. The number of nitrogens with two attached hydrogens (primary N) is 1. The summed E-state index contributed by atoms with van der Waals surface area (Å²) >= 11 is 0. The van der Waals surface area contributed by atoms with Crippen LogP contribution in [0, 0.1) is 0 Å². The number of ether oxygens (including phenoxy) is 2. The maximum atomic E-state index is 9.12. The second-order valence-electron chi connectivity index (χ2n) is 2.55. The Bertz CT molecular complexity index is 151. The summed E-state index contributed by atoms with van der Waals surface area (Å²) in [4.78, 5) is 0. The molecule has 58 valence electrons. The van der Waals surface area contributed by atoms with Crippen LogP contribution in [0.15, 0.2) is 0 Å². The van der Waals surface area contributed by atoms with E-state index in [1.54, 1.807) is 0 Å². The van der Waals surface area contributed by atoms with Crippen LogP contribution < -0.4 is 5.73 Å². The molecule has 5 nitrogen and oxygen atoms in total. The quantitative estimate of drug-likeness (QED) is 0.337. The fourth-order valence-electron chi connectivity index (χ4n) is 1.08. The standard InChI is InChI=1S/C5H9NO4/c6-4-2(8)1(7)3-5(9-3)10-4/h1-5,7-8H,6H2/t1?,2-,3+,4+,5?/m0/s1. The second-order valence-corrected chi connectivity index (χ2v) is 2.55. The van der Waals surface area contributed by atoms with Crippen molar-refractivity contribution in [2.45, 2.75) is 30.8 Å². The van der Waals surface area contributed by atoms with Gasteiger partial charge < -0.3 is 25.4 Å². The summed E-state index contributed by atoms with van der Waals surface area (Å²) in [5.41, 5.74) is 5.27. The molecule has 2 aliphatic rings. The molecule has 0 amide bonds. The summed E-state index contributed by atoms with van der Waals surface area (Å²) in [5, 5.41) is 18.2. The molecule has 0 spiro atoms. The smallest absolute Gasteiger partial charge is 0.189 e. The van der Waals surface area contributed by atoms with Gasteiger partial charge in [-0.15, -0.1) is 0 Å². The maximum absolute atomic E-state index is 9.12. The summed E-state index contributed by atoms with van der Waals surface area (Å²) in [7, 11) is 0. The van der Waals surface area contributed by atoms with Crippen LogP contribution in [0.25, 0.3) is 0 Å². The van der Waals surface area contributed by atoms with Gasteiger partial charge in [0.05, 0.1) is 0 Å². The normalized spacial score (nSPS) is 59.7. The Morgan fingerprint density at radius 3 is 2.50 bits per heavy atom. The highest BCUT2D eigenvalue weighted by Gasteiger charge is 2.55. The van der Waals surface area contributed by atoms with E-state index in [4.69, 9.17) is 25.4 Å². The lowest BCUT2D eigenvalue weighted by atomic mass is 10.1. The van der Waals surface area contributed by atoms with Gasteiger partial charge in [-0.3, -0.25) is 0 Å². The minimum Gasteiger partial charge on any atom is -0.387 e. The summed E-state index contributed by atoms with van der Waals surface area (Å²) in [6, 6.07) is 0. The van der Waals surface area contributed by atoms with E-state index < -0.39 is 24.7 Å². The molecule has 0 aromatic carbocycles. The molecule has 10 heavy (non-hydrogen) atoms. The van der Waals surface area contributed by atoms with Crippen molar-refractivity contribution in [3.63, 3.8) is 0 Å². The van der Waals surface area contributed by atoms with Crippen molar-refractivity contribution in [2.75, 3.05) is 0 Å². The molecule has 2 fully saturated rings. The van der Waals surface area contributed by atoms with Crippen molar-refractivity contribution >= 4 is 0 Å². The zero-order valence-electron chi connectivity index (χ0n) is 5.18. The van der Waals surface area contributed by atoms with Crippen molar-refractivity contribution in [3.05, 3.63) is 0 Å². The van der Waals surface area contributed by atoms with E-state index in [1.165, 1.54) is 0 Å². The minimum atomic E-state index is -1.02. The van der Waals surface area contributed by atoms with E-state index in [2.05, 4.69) is 0 Å². The van der Waals surface area contributed by atoms with Crippen LogP contribution >= 0.6 is 0 Å². The zero-order chi connectivity index (χ0) is 7.30. The lowest BCUT2D eigenvalue weighted by Gasteiger charge is -2.25. The van der Waals surface area contributed by atoms with Crippen LogP contribution in [0.2, 0.25) is 0 Å². The molecule has 0 aliphatic carbocycles. The van der Waals surface area contributed by atoms with Gasteiger partial charge in [-0.2, -0.15) is 0 Å². The Morgan fingerprint density at radius 2 is 1.80 bits per heavy atom. The fraction of sp³-hybridized carbons (Fsp3) is 1.00. The van der Waals surface area contributed by atoms with Crippen molar-refractivity contribution in [2.24, 2.45) is 5.73 Å². The van der Waals surface area contributed by atoms with Gasteiger partial charge in [0.1, 0.15) is 24.5 Å². The number of hydrogen-bond acceptors (Lipinski definition) is 5. The van der Waals surface area contributed by atoms with E-state index in [0.29, 0.717) is 0 Å². The third-order valence-corrected chi connectivity index (χ3v) is 1.80. The predicted molar refractivity (Wildman–Crippen MR) is 29.7 cm³/mol. The van der Waals surface area contributed by atoms with Crippen molar-refractivity contribution in [1.82, 2.24) is 0 Å². The Balaban J connectivity index is 2.07. The lowest BCUT2D eigenvalue weighted by molar-refractivity contribution is -0.127. The summed E-state index contributed by atoms with van der Waals surface area (Å²) < 4.78 is 9.71. The van der Waals surface area contributed by atoms with Crippen LogP contribution in [-0.2, 0) is 9.47 Å². The van der Waals surface area contributed by atoms with Gasteiger partial charge in [-0.1, -0.05) is 0 Å². The molecule has 2 aliphatic heterocycles. The van der Waals surface area contributed by atoms with Gasteiger partial charge >= 0.3 is 0 Å². The number of aliphatic hydroxyl groups excluding tert-OH is 2. The van der Waals surface area contributed by atoms with Crippen molar-refractivity contribution in [1.29, 1.82) is 0 Å². The van der Waals surface area contributed by atoms with Gasteiger partial charge in [0.25, 0.3) is 0 Å². The van der Waals surface area contributed by atoms with E-state index in [1.807, 2.05) is 0 Å². The van der Waals surface area contributed by atoms with E-state index in [9.17, 15) is 0 Å². The van der Waals surface area contributed by atoms with Crippen LogP contribution in [-0.4, -0.2) is 41.0 Å². The molecule has 0 bridgehead atoms. The summed E-state index contributed by atoms with van der Waals surface area (Å²) in [6.07, 6.45) is -3.50. The number of epoxide rings is 1. The molecule has 5 atom stereocenters. The molecule has 2 unspecified atom stereocenters. The van der Waals surface area contributed by atoms with E-state index >= 15 is 0 Å². The molecular weight excluding hydrogens is 138 g/mol. The molecule has 0 saturated carbocycles. The first-order valence-corrected chi connectivity index (χ1v) is 3.13. The number of rotatable bonds is 0. The molecular formula is C5H9NO4. The first-order chi connectivity index (χ1) is 4.70. The molecule has 5 heteroatoms. The van der Waals surface area contributed by atoms with Crippen LogP contribution in [0.4, 0.5) is 0 Å². The van der Waals surface area contributed by atoms with E-state index in [0.717, 1.165) is 0 Å². The average Bonchev–Trinajstić information content (AvgIpc) is 2.62. The highest BCUT2D eigenvalue weighted by atomic mass is 16.8. The molecule has 0 aromatic rings. The van der Waals surface area contributed by atoms with Crippen LogP contribution in [0.5, 0.6) is 0 Å². The SMILES string of the molecule is N[C@@H]1OC2O[C@@H]2C(O)[C@@H]1O. The fourth-order valence-corrected chi connectivity index (χ4v) is 1.08. The molecule has 2 heterocycles. The van der Waals surface area contributed by atoms with Gasteiger partial charge in [-0.25, -0.2) is 0 Å². The Morgan fingerprint density at radius 1 is 1.10 bits per heavy atom. The highest BCUT2D eigenvalue weighted by molar-refractivity contribution is 4.95. The maximum Gasteiger partial charge on any atom is 0.189 e. The molecule has 2 saturated heterocycles. The van der Waals surface area contributed by atoms with E-state index in [-0.39, 0.29) is 6.10 Å². The third kappa shape index (κ3) is 0.759. The molecule has 0 radical (unpaired) electrons. The second kappa shape index (κ2) is 1.90. The predicted octanol–water partition coefficient (Wildman–Crippen LogP) is -2.25. The summed E-state index contributed by atoms with van der Waals surface area (Å²) in [6.45, 7) is 0. The topological polar surface area (TPSA) is 88.2 Å². The number of aliphatic hydroxyl groups is 2.